The zero-order valence-electron chi connectivity index (χ0n) is 12.3. The van der Waals surface area contributed by atoms with E-state index in [1.54, 1.807) is 24.5 Å². The Labute approximate surface area is 125 Å². The molecule has 0 saturated heterocycles. The number of carbonyl (C=O) groups is 1. The molecule has 110 valence electrons. The number of hydrogen-bond donors (Lipinski definition) is 2. The fraction of sp³-hybridized carbons (Fsp3) is 0.250. The van der Waals surface area contributed by atoms with Gasteiger partial charge in [-0.15, -0.1) is 0 Å². The van der Waals surface area contributed by atoms with E-state index < -0.39 is 0 Å². The standard InChI is InChI=1S/C16H20N4O/c1-13(20(2)15-8-4-3-5-9-15)11-18-16(21)19-14-7-6-10-17-12-14/h3-10,12-13H,11H2,1-2H3,(H2,18,19,21). The van der Waals surface area contributed by atoms with Crippen molar-refractivity contribution in [2.45, 2.75) is 13.0 Å². The van der Waals surface area contributed by atoms with E-state index in [1.807, 2.05) is 37.4 Å². The maximum Gasteiger partial charge on any atom is 0.319 e. The second kappa shape index (κ2) is 7.28. The second-order valence-electron chi connectivity index (χ2n) is 4.87. The van der Waals surface area contributed by atoms with Crippen LogP contribution in [0.3, 0.4) is 0 Å². The topological polar surface area (TPSA) is 57.3 Å². The fourth-order valence-corrected chi connectivity index (χ4v) is 1.91. The Morgan fingerprint density at radius 2 is 2.00 bits per heavy atom. The summed E-state index contributed by atoms with van der Waals surface area (Å²) in [6.07, 6.45) is 3.28. The number of urea groups is 1. The first-order valence-corrected chi connectivity index (χ1v) is 6.89. The van der Waals surface area contributed by atoms with Crippen LogP contribution in [-0.2, 0) is 0 Å². The summed E-state index contributed by atoms with van der Waals surface area (Å²) in [6.45, 7) is 2.62. The Morgan fingerprint density at radius 1 is 1.24 bits per heavy atom. The molecule has 2 N–H and O–H groups in total. The van der Waals surface area contributed by atoms with Gasteiger partial charge in [-0.25, -0.2) is 4.79 Å². The van der Waals surface area contributed by atoms with Gasteiger partial charge in [0.1, 0.15) is 0 Å². The van der Waals surface area contributed by atoms with Crippen LogP contribution in [-0.4, -0.2) is 30.6 Å². The summed E-state index contributed by atoms with van der Waals surface area (Å²) < 4.78 is 0. The summed E-state index contributed by atoms with van der Waals surface area (Å²) in [5, 5.41) is 5.61. The van der Waals surface area contributed by atoms with Gasteiger partial charge in [-0.2, -0.15) is 0 Å². The molecule has 2 rings (SSSR count). The van der Waals surface area contributed by atoms with Crippen LogP contribution >= 0.6 is 0 Å². The van der Waals surface area contributed by atoms with Gasteiger partial charge in [-0.1, -0.05) is 18.2 Å². The molecule has 0 spiro atoms. The van der Waals surface area contributed by atoms with Crippen molar-refractivity contribution in [3.8, 4) is 0 Å². The van der Waals surface area contributed by atoms with Crippen LogP contribution in [0.4, 0.5) is 16.2 Å². The largest absolute Gasteiger partial charge is 0.370 e. The Hall–Kier alpha value is -2.56. The van der Waals surface area contributed by atoms with Crippen LogP contribution in [0.25, 0.3) is 0 Å². The first-order chi connectivity index (χ1) is 10.2. The third kappa shape index (κ3) is 4.49. The van der Waals surface area contributed by atoms with Crippen molar-refractivity contribution in [1.82, 2.24) is 10.3 Å². The highest BCUT2D eigenvalue weighted by molar-refractivity contribution is 5.88. The van der Waals surface area contributed by atoms with Gasteiger partial charge in [-0.05, 0) is 31.2 Å². The van der Waals surface area contributed by atoms with Gasteiger partial charge in [0.15, 0.2) is 0 Å². The molecule has 2 aromatic rings. The van der Waals surface area contributed by atoms with Crippen molar-refractivity contribution in [3.63, 3.8) is 0 Å². The van der Waals surface area contributed by atoms with Crippen LogP contribution in [0, 0.1) is 0 Å². The molecular weight excluding hydrogens is 264 g/mol. The molecule has 5 heteroatoms. The summed E-state index contributed by atoms with van der Waals surface area (Å²) in [7, 11) is 2.01. The summed E-state index contributed by atoms with van der Waals surface area (Å²) >= 11 is 0. The van der Waals surface area contributed by atoms with Gasteiger partial charge in [0, 0.05) is 31.5 Å². The fourth-order valence-electron chi connectivity index (χ4n) is 1.91. The van der Waals surface area contributed by atoms with E-state index in [9.17, 15) is 4.79 Å². The minimum absolute atomic E-state index is 0.187. The molecular formula is C16H20N4O. The predicted molar refractivity (Wildman–Crippen MR) is 85.6 cm³/mol. The first-order valence-electron chi connectivity index (χ1n) is 6.89. The summed E-state index contributed by atoms with van der Waals surface area (Å²) in [6, 6.07) is 13.6. The van der Waals surface area contributed by atoms with E-state index >= 15 is 0 Å². The molecule has 1 heterocycles. The number of hydrogen-bond acceptors (Lipinski definition) is 3. The highest BCUT2D eigenvalue weighted by atomic mass is 16.2. The van der Waals surface area contributed by atoms with E-state index in [0.29, 0.717) is 12.2 Å². The number of nitrogens with zero attached hydrogens (tertiary/aromatic N) is 2. The smallest absolute Gasteiger partial charge is 0.319 e. The van der Waals surface area contributed by atoms with Gasteiger partial charge < -0.3 is 15.5 Å². The zero-order valence-corrected chi connectivity index (χ0v) is 12.3. The molecule has 21 heavy (non-hydrogen) atoms. The monoisotopic (exact) mass is 284 g/mol. The maximum absolute atomic E-state index is 11.8. The third-order valence-electron chi connectivity index (χ3n) is 3.30. The second-order valence-corrected chi connectivity index (χ2v) is 4.87. The molecule has 1 atom stereocenters. The zero-order chi connectivity index (χ0) is 15.1. The molecule has 0 radical (unpaired) electrons. The maximum atomic E-state index is 11.8. The van der Waals surface area contributed by atoms with Crippen molar-refractivity contribution in [3.05, 3.63) is 54.9 Å². The van der Waals surface area contributed by atoms with Crippen LogP contribution in [0.5, 0.6) is 0 Å². The number of nitrogens with one attached hydrogen (secondary N) is 2. The average molecular weight is 284 g/mol. The summed E-state index contributed by atoms with van der Waals surface area (Å²) in [5.41, 5.74) is 1.80. The number of benzene rings is 1. The molecule has 5 nitrogen and oxygen atoms in total. The lowest BCUT2D eigenvalue weighted by atomic mass is 10.2. The van der Waals surface area contributed by atoms with E-state index in [-0.39, 0.29) is 12.1 Å². The molecule has 1 aromatic carbocycles. The molecule has 0 saturated carbocycles. The van der Waals surface area contributed by atoms with Crippen molar-refractivity contribution in [2.24, 2.45) is 0 Å². The lowest BCUT2D eigenvalue weighted by Gasteiger charge is -2.27. The van der Waals surface area contributed by atoms with Crippen LogP contribution < -0.4 is 15.5 Å². The Bertz CT molecular complexity index is 559. The van der Waals surface area contributed by atoms with E-state index in [4.69, 9.17) is 0 Å². The van der Waals surface area contributed by atoms with Crippen molar-refractivity contribution >= 4 is 17.4 Å². The van der Waals surface area contributed by atoms with Gasteiger partial charge in [0.2, 0.25) is 0 Å². The number of aromatic nitrogens is 1. The quantitative estimate of drug-likeness (QED) is 0.887. The predicted octanol–water partition coefficient (Wildman–Crippen LogP) is 2.73. The van der Waals surface area contributed by atoms with Crippen LogP contribution in [0.2, 0.25) is 0 Å². The summed E-state index contributed by atoms with van der Waals surface area (Å²) in [4.78, 5) is 17.9. The van der Waals surface area contributed by atoms with Crippen LogP contribution in [0.1, 0.15) is 6.92 Å². The molecule has 2 amide bonds. The number of likely N-dealkylation sites (N-methyl/N-ethyl adjacent to an activating group) is 1. The lowest BCUT2D eigenvalue weighted by molar-refractivity contribution is 0.251. The van der Waals surface area contributed by atoms with Crippen molar-refractivity contribution < 1.29 is 4.79 Å². The first kappa shape index (κ1) is 14.8. The van der Waals surface area contributed by atoms with Gasteiger partial charge in [0.05, 0.1) is 11.9 Å². The number of para-hydroxylation sites is 1. The number of amides is 2. The van der Waals surface area contributed by atoms with Gasteiger partial charge >= 0.3 is 6.03 Å². The molecule has 0 aliphatic rings. The molecule has 0 aliphatic heterocycles. The molecule has 0 bridgehead atoms. The molecule has 0 fully saturated rings. The number of pyridine rings is 1. The number of anilines is 2. The minimum atomic E-state index is -0.226. The minimum Gasteiger partial charge on any atom is -0.370 e. The Morgan fingerprint density at radius 3 is 2.67 bits per heavy atom. The van der Waals surface area contributed by atoms with Crippen molar-refractivity contribution in [2.75, 3.05) is 23.8 Å². The van der Waals surface area contributed by atoms with E-state index in [0.717, 1.165) is 5.69 Å². The highest BCUT2D eigenvalue weighted by Crippen LogP contribution is 2.13. The van der Waals surface area contributed by atoms with E-state index in [2.05, 4.69) is 27.4 Å². The number of rotatable bonds is 5. The normalized spacial score (nSPS) is 11.5. The average Bonchev–Trinajstić information content (AvgIpc) is 2.53. The number of carbonyl (C=O) groups excluding carboxylic acids is 1. The third-order valence-corrected chi connectivity index (χ3v) is 3.30. The molecule has 1 aromatic heterocycles. The van der Waals surface area contributed by atoms with Crippen molar-refractivity contribution in [1.29, 1.82) is 0 Å². The lowest BCUT2D eigenvalue weighted by Crippen LogP contribution is -2.41. The van der Waals surface area contributed by atoms with Gasteiger partial charge in [-0.3, -0.25) is 4.98 Å². The molecule has 0 aliphatic carbocycles. The summed E-state index contributed by atoms with van der Waals surface area (Å²) in [5.74, 6) is 0. The molecule has 1 unspecified atom stereocenters. The Balaban J connectivity index is 1.81. The van der Waals surface area contributed by atoms with E-state index in [1.165, 1.54) is 0 Å². The SMILES string of the molecule is CC(CNC(=O)Nc1cccnc1)N(C)c1ccccc1. The Kier molecular flexibility index (Phi) is 5.15. The van der Waals surface area contributed by atoms with Crippen LogP contribution in [0.15, 0.2) is 54.9 Å². The van der Waals surface area contributed by atoms with Gasteiger partial charge in [0.25, 0.3) is 0 Å². The highest BCUT2D eigenvalue weighted by Gasteiger charge is 2.11.